The molecular formula is C54H62N6O14. The lowest BCUT2D eigenvalue weighted by Crippen LogP contribution is -2.67. The second-order valence-corrected chi connectivity index (χ2v) is 20.2. The molecule has 1 amide bonds. The molecule has 3 aromatic carbocycles. The van der Waals surface area contributed by atoms with Gasteiger partial charge in [-0.05, 0) is 97.2 Å². The van der Waals surface area contributed by atoms with E-state index in [4.69, 9.17) is 15.2 Å². The molecule has 4 heterocycles. The molecule has 10 rings (SSSR count). The van der Waals surface area contributed by atoms with E-state index < -0.39 is 95.1 Å². The van der Waals surface area contributed by atoms with Crippen LogP contribution < -0.4 is 20.7 Å². The minimum absolute atomic E-state index is 0.0387. The highest BCUT2D eigenvalue weighted by Crippen LogP contribution is 2.67. The number of carboxylic acids is 1. The van der Waals surface area contributed by atoms with Crippen LogP contribution in [0.1, 0.15) is 89.9 Å². The quantitative estimate of drug-likeness (QED) is 0.0384. The van der Waals surface area contributed by atoms with Gasteiger partial charge in [0.05, 0.1) is 24.3 Å². The Bertz CT molecular complexity index is 2930. The number of imidazole rings is 1. The monoisotopic (exact) mass is 1020 g/mol. The van der Waals surface area contributed by atoms with Gasteiger partial charge in [-0.2, -0.15) is 0 Å². The lowest BCUT2D eigenvalue weighted by Gasteiger charge is -2.45. The van der Waals surface area contributed by atoms with Gasteiger partial charge in [-0.15, -0.1) is 0 Å². The molecule has 392 valence electrons. The van der Waals surface area contributed by atoms with Gasteiger partial charge in [0.15, 0.2) is 23.1 Å². The lowest BCUT2D eigenvalue weighted by molar-refractivity contribution is -0.422. The maximum atomic E-state index is 15.4. The number of H-pyrrole nitrogens is 2. The third-order valence-corrected chi connectivity index (χ3v) is 16.4. The number of allylic oxidation sites excluding steroid dienone is 1. The van der Waals surface area contributed by atoms with Crippen molar-refractivity contribution in [2.45, 2.75) is 104 Å². The number of anilines is 2. The Balaban J connectivity index is 1.08. The van der Waals surface area contributed by atoms with Crippen LogP contribution >= 0.6 is 0 Å². The van der Waals surface area contributed by atoms with E-state index in [1.807, 2.05) is 42.5 Å². The van der Waals surface area contributed by atoms with Crippen LogP contribution in [0.15, 0.2) is 103 Å². The van der Waals surface area contributed by atoms with Gasteiger partial charge in [0, 0.05) is 84.5 Å². The molecule has 74 heavy (non-hydrogen) atoms. The highest BCUT2D eigenvalue weighted by molar-refractivity contribution is 6.13. The Morgan fingerprint density at radius 1 is 0.946 bits per heavy atom. The molecule has 15 N–H and O–H groups in total. The van der Waals surface area contributed by atoms with E-state index in [-0.39, 0.29) is 54.9 Å². The topological polar surface area (TPSA) is 341 Å². The molecule has 5 aromatic rings. The first-order valence-electron chi connectivity index (χ1n) is 25.0. The average Bonchev–Trinajstić information content (AvgIpc) is 4.26. The second-order valence-electron chi connectivity index (χ2n) is 20.2. The molecule has 2 aromatic heterocycles. The molecule has 3 aliphatic carbocycles. The normalized spacial score (nSPS) is 32.3. The number of aliphatic hydroxyl groups excluding tert-OH is 6. The number of benzene rings is 3. The van der Waals surface area contributed by atoms with Crippen molar-refractivity contribution in [1.29, 1.82) is 0 Å². The summed E-state index contributed by atoms with van der Waals surface area (Å²) in [5.74, 6) is -8.72. The predicted molar refractivity (Wildman–Crippen MR) is 267 cm³/mol. The smallest absolute Gasteiger partial charge is 0.355 e. The molecule has 0 radical (unpaired) electrons. The van der Waals surface area contributed by atoms with Crippen molar-refractivity contribution in [1.82, 2.24) is 15.0 Å². The van der Waals surface area contributed by atoms with Gasteiger partial charge >= 0.3 is 11.9 Å². The fourth-order valence-electron chi connectivity index (χ4n) is 13.0. The predicted octanol–water partition coefficient (Wildman–Crippen LogP) is 2.73. The summed E-state index contributed by atoms with van der Waals surface area (Å²) < 4.78 is 11.1. The first kappa shape index (κ1) is 50.9. The lowest BCUT2D eigenvalue weighted by atomic mass is 9.59. The van der Waals surface area contributed by atoms with Crippen molar-refractivity contribution in [3.8, 4) is 17.2 Å². The van der Waals surface area contributed by atoms with Gasteiger partial charge in [0.2, 0.25) is 0 Å². The summed E-state index contributed by atoms with van der Waals surface area (Å²) in [6.45, 7) is -0.817. The van der Waals surface area contributed by atoms with E-state index in [9.17, 15) is 55.9 Å². The molecule has 2 fully saturated rings. The van der Waals surface area contributed by atoms with Crippen molar-refractivity contribution < 1.29 is 70.1 Å². The standard InChI is InChI=1S/C54H62N6O14/c55-41-10-4-16-52(41,31-8-2-1-3-9-31)44-29(7-6-18-61)23-53(51(70)71)45(44)34-21-38(65)39(73-54(72)50(69)49(68)48(67)40(26-63)74-54)22-36(34)60(53)43(66)15-13-28-12-14-37(64)32(19-28)33-20-30(25-62)35(47-46(33)58-27-59-47)24-57-42-11-5-17-56-42/h1-3,5,8-9,11-15,17,19,21-23,27,30,33,35,40-41,44-45,48-50,56-57,61-65,67-69,72H,4,6-7,10,16,18,20,24-26,55H2,(H,58,59)(H,70,71)/b15-13+/t30-,33-,35+,40-,41-,44-,45+,48-,49+,50-,52+,53-,54+/m1/s1. The number of carboxylic acid groups (broad SMARTS) is 1. The molecule has 2 aliphatic heterocycles. The third kappa shape index (κ3) is 8.25. The van der Waals surface area contributed by atoms with Crippen LogP contribution in [0.2, 0.25) is 0 Å². The highest BCUT2D eigenvalue weighted by Gasteiger charge is 2.69. The van der Waals surface area contributed by atoms with Gasteiger partial charge in [-0.1, -0.05) is 48.4 Å². The number of nitrogens with zero attached hydrogens (tertiary/aromatic N) is 2. The van der Waals surface area contributed by atoms with Crippen LogP contribution in [0.3, 0.4) is 0 Å². The molecule has 0 unspecified atom stereocenters. The number of phenolic OH excluding ortho intramolecular Hbond substituents is 2. The van der Waals surface area contributed by atoms with Crippen molar-refractivity contribution in [3.63, 3.8) is 0 Å². The second kappa shape index (κ2) is 19.9. The molecule has 1 saturated carbocycles. The highest BCUT2D eigenvalue weighted by atomic mass is 16.8. The fraction of sp³-hybridized carbons (Fsp3) is 0.426. The number of nitrogens with one attached hydrogen (secondary N) is 3. The maximum Gasteiger partial charge on any atom is 0.355 e. The van der Waals surface area contributed by atoms with E-state index in [0.717, 1.165) is 33.7 Å². The Labute approximate surface area is 425 Å². The van der Waals surface area contributed by atoms with Crippen molar-refractivity contribution in [2.75, 3.05) is 36.6 Å². The first-order chi connectivity index (χ1) is 35.6. The summed E-state index contributed by atoms with van der Waals surface area (Å²) >= 11 is 0. The number of carbonyl (C=O) groups excluding carboxylic acids is 1. The Morgan fingerprint density at radius 3 is 2.43 bits per heavy atom. The molecule has 20 heteroatoms. The third-order valence-electron chi connectivity index (χ3n) is 16.4. The van der Waals surface area contributed by atoms with Crippen LogP contribution in [0.4, 0.5) is 11.5 Å². The van der Waals surface area contributed by atoms with Gasteiger partial charge in [0.1, 0.15) is 29.9 Å². The number of aromatic amines is 2. The molecule has 20 nitrogen and oxygen atoms in total. The number of amides is 1. The number of hydrogen-bond acceptors (Lipinski definition) is 16. The summed E-state index contributed by atoms with van der Waals surface area (Å²) in [4.78, 5) is 42.0. The van der Waals surface area contributed by atoms with Crippen LogP contribution in [0.25, 0.3) is 6.08 Å². The van der Waals surface area contributed by atoms with Crippen LogP contribution in [0.5, 0.6) is 17.2 Å². The van der Waals surface area contributed by atoms with Gasteiger partial charge < -0.3 is 81.6 Å². The fourth-order valence-corrected chi connectivity index (χ4v) is 13.0. The molecule has 1 saturated heterocycles. The van der Waals surface area contributed by atoms with Gasteiger partial charge in [-0.3, -0.25) is 9.69 Å². The summed E-state index contributed by atoms with van der Waals surface area (Å²) in [6, 6.07) is 19.9. The molecular weight excluding hydrogens is 957 g/mol. The van der Waals surface area contributed by atoms with Crippen LogP contribution in [-0.4, -0.2) is 146 Å². The zero-order valence-electron chi connectivity index (χ0n) is 40.2. The Hall–Kier alpha value is -6.59. The zero-order chi connectivity index (χ0) is 52.3. The molecule has 13 atom stereocenters. The maximum absolute atomic E-state index is 15.4. The number of nitrogens with two attached hydrogens (primary N) is 1. The van der Waals surface area contributed by atoms with E-state index in [0.29, 0.717) is 48.9 Å². The number of fused-ring (bicyclic) bond motifs is 4. The number of hydrogen-bond donors (Lipinski definition) is 14. The summed E-state index contributed by atoms with van der Waals surface area (Å²) in [6.07, 6.45) is 2.41. The number of ether oxygens (including phenoxy) is 2. The van der Waals surface area contributed by atoms with Crippen molar-refractivity contribution in [2.24, 2.45) is 17.6 Å². The van der Waals surface area contributed by atoms with Crippen LogP contribution in [-0.2, 0) is 19.7 Å². The number of carbonyl (C=O) groups is 2. The minimum atomic E-state index is -3.19. The number of aromatic hydroxyl groups is 2. The number of aromatic nitrogens is 3. The first-order valence-corrected chi connectivity index (χ1v) is 25.0. The van der Waals surface area contributed by atoms with Crippen molar-refractivity contribution >= 4 is 29.5 Å². The number of aliphatic carboxylic acids is 1. The van der Waals surface area contributed by atoms with Gasteiger partial charge in [-0.25, -0.2) is 9.78 Å². The average molecular weight is 1020 g/mol. The zero-order valence-corrected chi connectivity index (χ0v) is 40.2. The number of aliphatic hydroxyl groups is 7. The van der Waals surface area contributed by atoms with E-state index in [1.54, 1.807) is 30.7 Å². The van der Waals surface area contributed by atoms with Gasteiger partial charge in [0.25, 0.3) is 5.91 Å². The van der Waals surface area contributed by atoms with E-state index in [1.165, 1.54) is 24.3 Å². The summed E-state index contributed by atoms with van der Waals surface area (Å²) in [5.41, 5.74) is 8.13. The van der Waals surface area contributed by atoms with Crippen molar-refractivity contribution in [3.05, 3.63) is 137 Å². The molecule has 0 bridgehead atoms. The molecule has 5 aliphatic rings. The largest absolute Gasteiger partial charge is 0.508 e. The summed E-state index contributed by atoms with van der Waals surface area (Å²) in [7, 11) is 0. The summed E-state index contributed by atoms with van der Waals surface area (Å²) in [5, 5.41) is 113. The Kier molecular flexibility index (Phi) is 13.7. The number of rotatable bonds is 16. The number of phenols is 2. The van der Waals surface area contributed by atoms with E-state index >= 15 is 4.79 Å². The minimum Gasteiger partial charge on any atom is -0.508 e. The Morgan fingerprint density at radius 2 is 1.74 bits per heavy atom. The SMILES string of the molecule is N[C@@H]1CCC[C@@]1(c1ccccc1)[C@@H]1C(CCCO)=C[C@]2(C(=O)O)[C@H]1c1cc(O)c(O[C@]3(O)O[C@H](CO)[C@@H](O)[C@H](O)[C@H]3O)cc1N2C(=O)/C=C/c1ccc(O)c([C@H]2C[C@H](CO)[C@H](CNc3ccc[nH]3)c3nc[nH]c32)c1. The molecule has 0 spiro atoms. The van der Waals surface area contributed by atoms with Crippen LogP contribution in [0, 0.1) is 11.8 Å². The van der Waals surface area contributed by atoms with E-state index in [2.05, 4.69) is 20.3 Å².